The maximum atomic E-state index is 12.3. The van der Waals surface area contributed by atoms with Crippen LogP contribution in [0.15, 0.2) is 0 Å². The predicted molar refractivity (Wildman–Crippen MR) is 127 cm³/mol. The fraction of sp³-hybridized carbons (Fsp3) is 0.913. The number of hydrogen-bond acceptors (Lipinski definition) is 7. The van der Waals surface area contributed by atoms with Crippen molar-refractivity contribution in [2.75, 3.05) is 39.3 Å². The van der Waals surface area contributed by atoms with Gasteiger partial charge in [0.25, 0.3) is 12.9 Å². The topological polar surface area (TPSA) is 136 Å². The average Bonchev–Trinajstić information content (AvgIpc) is 3.41. The Balaban J connectivity index is 0.000000492. The molecule has 0 aromatic heterocycles. The molecular formula is C23H41N3O7S. The zero-order valence-corrected chi connectivity index (χ0v) is 21.2. The number of piperidine rings is 1. The minimum absolute atomic E-state index is 0.0129. The summed E-state index contributed by atoms with van der Waals surface area (Å²) in [5, 5.41) is 13.7. The summed E-state index contributed by atoms with van der Waals surface area (Å²) in [6, 6.07) is 0.662. The zero-order chi connectivity index (χ0) is 24.9. The number of carbonyl (C=O) groups is 2. The highest BCUT2D eigenvalue weighted by Gasteiger charge is 2.62. The molecule has 3 N–H and O–H groups in total. The molecule has 0 aromatic carbocycles. The van der Waals surface area contributed by atoms with Crippen molar-refractivity contribution in [1.29, 1.82) is 0 Å². The molecule has 10 nitrogen and oxygen atoms in total. The number of fused-ring (bicyclic) bond motifs is 1. The van der Waals surface area contributed by atoms with Gasteiger partial charge in [0.05, 0.1) is 17.0 Å². The van der Waals surface area contributed by atoms with Gasteiger partial charge in [0.2, 0.25) is 10.0 Å². The summed E-state index contributed by atoms with van der Waals surface area (Å²) < 4.78 is 34.0. The third-order valence-corrected chi connectivity index (χ3v) is 10.2. The summed E-state index contributed by atoms with van der Waals surface area (Å²) in [5.41, 5.74) is 0.0129. The summed E-state index contributed by atoms with van der Waals surface area (Å²) in [4.78, 5) is 22.0. The summed E-state index contributed by atoms with van der Waals surface area (Å²) in [6.45, 7) is 10.5. The first-order chi connectivity index (χ1) is 16.2. The summed E-state index contributed by atoms with van der Waals surface area (Å²) in [7, 11) is -3.09. The van der Waals surface area contributed by atoms with Gasteiger partial charge in [-0.2, -0.15) is 0 Å². The van der Waals surface area contributed by atoms with Crippen LogP contribution in [0.2, 0.25) is 0 Å². The van der Waals surface area contributed by atoms with Crippen molar-refractivity contribution in [3.8, 4) is 0 Å². The molecule has 4 heterocycles. The van der Waals surface area contributed by atoms with Crippen molar-refractivity contribution in [1.82, 2.24) is 14.5 Å². The Morgan fingerprint density at radius 1 is 1.09 bits per heavy atom. The molecule has 5 rings (SSSR count). The van der Waals surface area contributed by atoms with Crippen LogP contribution in [0.3, 0.4) is 0 Å². The second-order valence-corrected chi connectivity index (χ2v) is 12.6. The molecule has 5 aliphatic rings. The highest BCUT2D eigenvalue weighted by molar-refractivity contribution is 7.90. The van der Waals surface area contributed by atoms with Crippen molar-refractivity contribution in [2.45, 2.75) is 75.4 Å². The summed E-state index contributed by atoms with van der Waals surface area (Å²) >= 11 is 0. The van der Waals surface area contributed by atoms with E-state index in [4.69, 9.17) is 24.5 Å². The quantitative estimate of drug-likeness (QED) is 0.436. The summed E-state index contributed by atoms with van der Waals surface area (Å²) in [5.74, 6) is 1.66. The molecule has 0 aromatic rings. The highest BCUT2D eigenvalue weighted by Crippen LogP contribution is 2.54. The lowest BCUT2D eigenvalue weighted by atomic mass is 9.74. The average molecular weight is 504 g/mol. The molecule has 1 aliphatic carbocycles. The van der Waals surface area contributed by atoms with Gasteiger partial charge in [-0.05, 0) is 71.4 Å². The molecule has 0 amide bonds. The van der Waals surface area contributed by atoms with Crippen LogP contribution in [0.4, 0.5) is 0 Å². The van der Waals surface area contributed by atoms with Crippen molar-refractivity contribution >= 4 is 23.0 Å². The minimum Gasteiger partial charge on any atom is -0.483 e. The first-order valence-corrected chi connectivity index (χ1v) is 14.0. The number of rotatable bonds is 7. The largest absolute Gasteiger partial charge is 0.483 e. The second kappa shape index (κ2) is 11.6. The fourth-order valence-electron chi connectivity index (χ4n) is 6.42. The molecule has 0 unspecified atom stereocenters. The third kappa shape index (κ3) is 6.29. The van der Waals surface area contributed by atoms with E-state index in [1.54, 1.807) is 0 Å². The van der Waals surface area contributed by atoms with Crippen LogP contribution in [0, 0.1) is 17.8 Å². The molecule has 5 fully saturated rings. The Bertz CT molecular complexity index is 777. The lowest BCUT2D eigenvalue weighted by Gasteiger charge is -2.36. The normalized spacial score (nSPS) is 33.6. The van der Waals surface area contributed by atoms with Gasteiger partial charge >= 0.3 is 0 Å². The van der Waals surface area contributed by atoms with Gasteiger partial charge in [-0.3, -0.25) is 14.5 Å². The lowest BCUT2D eigenvalue weighted by Crippen LogP contribution is -2.42. The van der Waals surface area contributed by atoms with E-state index in [0.29, 0.717) is 24.4 Å². The number of ether oxygens (including phenoxy) is 1. The van der Waals surface area contributed by atoms with E-state index in [9.17, 15) is 8.42 Å². The standard InChI is InChI=1S/C21H37N3O3S.2CH2O2/c1-15(2)24-9-6-16(7-10-24)12-23-13-19-18(11-22-28(25,26)17-3-4-17)20-5-8-21(19,14-23)27-20;2*2-1-3/h15-20,22H,3-14H2,1-2H3;2*1H,(H,2,3)/t18-,19+,20+,21+;;/m0../s1. The van der Waals surface area contributed by atoms with E-state index >= 15 is 0 Å². The van der Waals surface area contributed by atoms with Gasteiger partial charge in [-0.1, -0.05) is 0 Å². The molecule has 11 heteroatoms. The fourth-order valence-corrected chi connectivity index (χ4v) is 7.84. The summed E-state index contributed by atoms with van der Waals surface area (Å²) in [6.07, 6.45) is 6.81. The van der Waals surface area contributed by atoms with Crippen LogP contribution < -0.4 is 4.72 Å². The van der Waals surface area contributed by atoms with Crippen molar-refractivity contribution < 1.29 is 33.0 Å². The van der Waals surface area contributed by atoms with Gasteiger partial charge in [-0.15, -0.1) is 0 Å². The Hall–Kier alpha value is -1.27. The Morgan fingerprint density at radius 2 is 1.71 bits per heavy atom. The Kier molecular flexibility index (Phi) is 9.36. The molecular weight excluding hydrogens is 462 g/mol. The number of nitrogens with zero attached hydrogens (tertiary/aromatic N) is 2. The lowest BCUT2D eigenvalue weighted by molar-refractivity contribution is -0.123. The predicted octanol–water partition coefficient (Wildman–Crippen LogP) is 1.07. The maximum absolute atomic E-state index is 12.3. The Labute approximate surface area is 203 Å². The smallest absolute Gasteiger partial charge is 0.290 e. The molecule has 4 saturated heterocycles. The highest BCUT2D eigenvalue weighted by atomic mass is 32.2. The molecule has 2 bridgehead atoms. The zero-order valence-electron chi connectivity index (χ0n) is 20.3. The molecule has 1 spiro atoms. The molecule has 1 saturated carbocycles. The molecule has 4 atom stereocenters. The number of sulfonamides is 1. The van der Waals surface area contributed by atoms with E-state index in [1.807, 2.05) is 0 Å². The van der Waals surface area contributed by atoms with E-state index in [2.05, 4.69) is 28.4 Å². The van der Waals surface area contributed by atoms with Crippen molar-refractivity contribution in [3.05, 3.63) is 0 Å². The minimum atomic E-state index is -3.09. The van der Waals surface area contributed by atoms with E-state index < -0.39 is 10.0 Å². The Morgan fingerprint density at radius 3 is 2.26 bits per heavy atom. The van der Waals surface area contributed by atoms with E-state index in [1.165, 1.54) is 32.5 Å². The first-order valence-electron chi connectivity index (χ1n) is 12.5. The number of hydrogen-bond donors (Lipinski definition) is 3. The van der Waals surface area contributed by atoms with E-state index in [0.717, 1.165) is 44.7 Å². The number of likely N-dealkylation sites (tertiary alicyclic amines) is 2. The maximum Gasteiger partial charge on any atom is 0.290 e. The number of carboxylic acid groups (broad SMARTS) is 2. The van der Waals surface area contributed by atoms with Gasteiger partial charge < -0.3 is 19.8 Å². The monoisotopic (exact) mass is 503 g/mol. The number of nitrogens with one attached hydrogen (secondary N) is 1. The van der Waals surface area contributed by atoms with Gasteiger partial charge in [0.1, 0.15) is 0 Å². The molecule has 34 heavy (non-hydrogen) atoms. The first kappa shape index (κ1) is 27.3. The van der Waals surface area contributed by atoms with Crippen LogP contribution >= 0.6 is 0 Å². The van der Waals surface area contributed by atoms with Crippen molar-refractivity contribution in [3.63, 3.8) is 0 Å². The van der Waals surface area contributed by atoms with Crippen LogP contribution in [-0.4, -0.2) is 104 Å². The van der Waals surface area contributed by atoms with Gasteiger partial charge in [0, 0.05) is 44.1 Å². The molecule has 196 valence electrons. The third-order valence-electron chi connectivity index (χ3n) is 8.23. The molecule has 4 aliphatic heterocycles. The van der Waals surface area contributed by atoms with Crippen molar-refractivity contribution in [2.24, 2.45) is 17.8 Å². The SMILES string of the molecule is CC(C)N1CCC(CN2C[C@@H]3[C@H](CNS(=O)(=O)C4CC4)[C@H]4CC[C@]3(C2)O4)CC1.O=CO.O=CO. The van der Waals surface area contributed by atoms with Crippen LogP contribution in [0.1, 0.15) is 52.4 Å². The second-order valence-electron chi connectivity index (χ2n) is 10.6. The van der Waals surface area contributed by atoms with E-state index in [-0.39, 0.29) is 29.9 Å². The van der Waals surface area contributed by atoms with Crippen LogP contribution in [0.25, 0.3) is 0 Å². The van der Waals surface area contributed by atoms with Gasteiger partial charge in [0.15, 0.2) is 0 Å². The van der Waals surface area contributed by atoms with Gasteiger partial charge in [-0.25, -0.2) is 13.1 Å². The van der Waals surface area contributed by atoms with Crippen LogP contribution in [0.5, 0.6) is 0 Å². The van der Waals surface area contributed by atoms with Crippen LogP contribution in [-0.2, 0) is 24.3 Å². The molecule has 0 radical (unpaired) electrons.